The summed E-state index contributed by atoms with van der Waals surface area (Å²) in [6.07, 6.45) is 1.00. The van der Waals surface area contributed by atoms with Gasteiger partial charge in [-0.05, 0) is 94.1 Å². The molecule has 2 amide bonds. The summed E-state index contributed by atoms with van der Waals surface area (Å²) in [5.41, 5.74) is 4.44. The molecule has 1 aliphatic heterocycles. The number of amides is 2. The zero-order valence-corrected chi connectivity index (χ0v) is 28.9. The molecule has 0 spiro atoms. The maximum atomic E-state index is 13.8. The summed E-state index contributed by atoms with van der Waals surface area (Å²) in [6, 6.07) is 22.0. The van der Waals surface area contributed by atoms with E-state index in [2.05, 4.69) is 52.9 Å². The van der Waals surface area contributed by atoms with Gasteiger partial charge in [0, 0.05) is 36.0 Å². The summed E-state index contributed by atoms with van der Waals surface area (Å²) in [5.74, 6) is -0.00781. The molecular weight excluding hydrogens is 606 g/mol. The summed E-state index contributed by atoms with van der Waals surface area (Å²) in [4.78, 5) is 45.6. The maximum Gasteiger partial charge on any atom is 0.513 e. The second kappa shape index (κ2) is 18.0. The quantitative estimate of drug-likeness (QED) is 0.0945. The lowest BCUT2D eigenvalue weighted by molar-refractivity contribution is -0.110. The van der Waals surface area contributed by atoms with Crippen molar-refractivity contribution in [3.63, 3.8) is 0 Å². The molecule has 0 bridgehead atoms. The van der Waals surface area contributed by atoms with Gasteiger partial charge in [-0.25, -0.2) is 4.79 Å². The molecule has 3 aromatic carbocycles. The number of nitrogens with one attached hydrogen (secondary N) is 2. The van der Waals surface area contributed by atoms with Crippen LogP contribution in [0.1, 0.15) is 62.0 Å². The molecule has 0 saturated carbocycles. The van der Waals surface area contributed by atoms with E-state index in [4.69, 9.17) is 4.74 Å². The van der Waals surface area contributed by atoms with E-state index in [-0.39, 0.29) is 17.6 Å². The number of hydrogen-bond acceptors (Lipinski definition) is 8. The summed E-state index contributed by atoms with van der Waals surface area (Å²) in [6.45, 7) is 16.0. The van der Waals surface area contributed by atoms with E-state index in [1.54, 1.807) is 18.2 Å². The lowest BCUT2D eigenvalue weighted by atomic mass is 10.00. The molecule has 1 heterocycles. The molecule has 1 aliphatic rings. The Labute approximate surface area is 284 Å². The van der Waals surface area contributed by atoms with Crippen molar-refractivity contribution in [1.82, 2.24) is 14.7 Å². The average Bonchev–Trinajstić information content (AvgIpc) is 3.44. The van der Waals surface area contributed by atoms with Crippen molar-refractivity contribution >= 4 is 40.6 Å². The normalized spacial score (nSPS) is 13.3. The number of carbonyl (C=O) groups is 3. The van der Waals surface area contributed by atoms with E-state index >= 15 is 0 Å². The first-order valence-corrected chi connectivity index (χ1v) is 16.9. The minimum absolute atomic E-state index is 0.0244. The Morgan fingerprint density at radius 3 is 1.92 bits per heavy atom. The highest BCUT2D eigenvalue weighted by Crippen LogP contribution is 2.39. The molecule has 3 aromatic rings. The fourth-order valence-electron chi connectivity index (χ4n) is 5.87. The summed E-state index contributed by atoms with van der Waals surface area (Å²) >= 11 is 0. The van der Waals surface area contributed by atoms with Crippen molar-refractivity contribution in [2.75, 3.05) is 70.1 Å². The van der Waals surface area contributed by atoms with Crippen LogP contribution in [0.3, 0.4) is 0 Å². The van der Waals surface area contributed by atoms with Crippen LogP contribution in [-0.4, -0.2) is 92.1 Å². The topological polar surface area (TPSA) is 103 Å². The smallest absolute Gasteiger partial charge is 0.437 e. The summed E-state index contributed by atoms with van der Waals surface area (Å²) < 4.78 is 9.74. The molecule has 10 nitrogen and oxygen atoms in total. The van der Waals surface area contributed by atoms with Gasteiger partial charge in [0.1, 0.15) is 5.75 Å². The van der Waals surface area contributed by atoms with Gasteiger partial charge in [0.15, 0.2) is 0 Å². The molecule has 0 radical (unpaired) electrons. The van der Waals surface area contributed by atoms with Crippen molar-refractivity contribution in [2.24, 2.45) is 0 Å². The van der Waals surface area contributed by atoms with Crippen molar-refractivity contribution in [3.05, 3.63) is 89.5 Å². The minimum Gasteiger partial charge on any atom is -0.437 e. The number of fused-ring (bicyclic) bond motifs is 1. The van der Waals surface area contributed by atoms with E-state index < -0.39 is 6.16 Å². The first-order chi connectivity index (χ1) is 23.3. The number of carbonyl (C=O) groups excluding carboxylic acids is 3. The number of ether oxygens (including phenoxy) is 2. The van der Waals surface area contributed by atoms with Gasteiger partial charge in [-0.15, -0.1) is 0 Å². The molecule has 0 unspecified atom stereocenters. The zero-order valence-electron chi connectivity index (χ0n) is 28.9. The maximum absolute atomic E-state index is 13.8. The third-order valence-electron chi connectivity index (χ3n) is 8.70. The fourth-order valence-corrected chi connectivity index (χ4v) is 5.87. The number of hydrogen-bond donors (Lipinski definition) is 2. The third-order valence-corrected chi connectivity index (χ3v) is 8.70. The van der Waals surface area contributed by atoms with Gasteiger partial charge < -0.3 is 34.8 Å². The predicted octanol–water partition coefficient (Wildman–Crippen LogP) is 6.67. The van der Waals surface area contributed by atoms with Gasteiger partial charge >= 0.3 is 6.16 Å². The molecule has 0 aromatic heterocycles. The minimum atomic E-state index is -0.842. The predicted molar refractivity (Wildman–Crippen MR) is 192 cm³/mol. The van der Waals surface area contributed by atoms with Crippen molar-refractivity contribution in [2.45, 2.75) is 40.5 Å². The van der Waals surface area contributed by atoms with Gasteiger partial charge in [-0.3, -0.25) is 9.59 Å². The second-order valence-corrected chi connectivity index (χ2v) is 11.6. The highest BCUT2D eigenvalue weighted by molar-refractivity contribution is 6.37. The van der Waals surface area contributed by atoms with Crippen LogP contribution >= 0.6 is 0 Å². The van der Waals surface area contributed by atoms with E-state index in [9.17, 15) is 14.4 Å². The standard InChI is InChI=1S/C38H49N5O5/c1-6-41(7-2)23-13-25-43(26-14-24-42(8-3)9-4)37(45)29-17-19-30(20-18-29)39-35(28-15-11-10-12-16-28)34-32-22-21-31(48-38(46)47-5)27-33(32)40-36(34)44/h10-12,15-22,27,39H,6-9,13-14,23-26H2,1-5H3,(H,40,44)/b35-34-. The number of nitrogens with zero attached hydrogens (tertiary/aromatic N) is 3. The molecular formula is C38H49N5O5. The van der Waals surface area contributed by atoms with Crippen molar-refractivity contribution < 1.29 is 23.9 Å². The first-order valence-electron chi connectivity index (χ1n) is 16.9. The zero-order chi connectivity index (χ0) is 34.5. The highest BCUT2D eigenvalue weighted by Gasteiger charge is 2.29. The lowest BCUT2D eigenvalue weighted by Crippen LogP contribution is -2.36. The van der Waals surface area contributed by atoms with Gasteiger partial charge in [0.05, 0.1) is 24.1 Å². The number of rotatable bonds is 17. The Morgan fingerprint density at radius 1 is 0.750 bits per heavy atom. The Balaban J connectivity index is 1.57. The largest absolute Gasteiger partial charge is 0.513 e. The van der Waals surface area contributed by atoms with Crippen LogP contribution < -0.4 is 15.4 Å². The molecule has 4 rings (SSSR count). The second-order valence-electron chi connectivity index (χ2n) is 11.6. The van der Waals surface area contributed by atoms with Crippen LogP contribution in [-0.2, 0) is 9.53 Å². The van der Waals surface area contributed by atoms with Crippen LogP contribution in [0, 0.1) is 0 Å². The van der Waals surface area contributed by atoms with Gasteiger partial charge in [-0.2, -0.15) is 0 Å². The molecule has 10 heteroatoms. The Morgan fingerprint density at radius 2 is 1.35 bits per heavy atom. The van der Waals surface area contributed by atoms with Gasteiger partial charge in [0.25, 0.3) is 11.8 Å². The summed E-state index contributed by atoms with van der Waals surface area (Å²) in [7, 11) is 1.23. The van der Waals surface area contributed by atoms with Crippen molar-refractivity contribution in [1.29, 1.82) is 0 Å². The first kappa shape index (κ1) is 36.2. The Bertz CT molecular complexity index is 1530. The Hall–Kier alpha value is -4.67. The summed E-state index contributed by atoms with van der Waals surface area (Å²) in [5, 5.41) is 6.35. The highest BCUT2D eigenvalue weighted by atomic mass is 16.7. The van der Waals surface area contributed by atoms with E-state index in [0.29, 0.717) is 41.2 Å². The van der Waals surface area contributed by atoms with Crippen LogP contribution in [0.2, 0.25) is 0 Å². The van der Waals surface area contributed by atoms with Gasteiger partial charge in [0.2, 0.25) is 0 Å². The molecule has 0 saturated heterocycles. The van der Waals surface area contributed by atoms with Gasteiger partial charge in [-0.1, -0.05) is 58.0 Å². The SMILES string of the molecule is CCN(CC)CCCN(CCCN(CC)CC)C(=O)c1ccc(N/C(=C2\C(=O)Nc3cc(OC(=O)OC)ccc32)c2ccccc2)cc1. The molecule has 48 heavy (non-hydrogen) atoms. The molecule has 0 fully saturated rings. The van der Waals surface area contributed by atoms with Crippen LogP contribution in [0.4, 0.5) is 16.2 Å². The lowest BCUT2D eigenvalue weighted by Gasteiger charge is -2.26. The molecule has 0 aliphatic carbocycles. The average molecular weight is 656 g/mol. The third kappa shape index (κ3) is 9.45. The van der Waals surface area contributed by atoms with Crippen LogP contribution in [0.25, 0.3) is 11.3 Å². The monoisotopic (exact) mass is 655 g/mol. The van der Waals surface area contributed by atoms with E-state index in [1.807, 2.05) is 59.5 Å². The van der Waals surface area contributed by atoms with E-state index in [1.165, 1.54) is 7.11 Å². The number of benzene rings is 3. The van der Waals surface area contributed by atoms with Crippen molar-refractivity contribution in [3.8, 4) is 5.75 Å². The number of methoxy groups -OCH3 is 1. The Kier molecular flexibility index (Phi) is 13.6. The van der Waals surface area contributed by atoms with E-state index in [0.717, 1.165) is 63.4 Å². The van der Waals surface area contributed by atoms with Crippen LogP contribution in [0.5, 0.6) is 5.75 Å². The molecule has 0 atom stereocenters. The number of anilines is 2. The molecule has 256 valence electrons. The van der Waals surface area contributed by atoms with Crippen LogP contribution in [0.15, 0.2) is 72.8 Å². The molecule has 2 N–H and O–H groups in total. The fraction of sp³-hybridized carbons (Fsp3) is 0.395.